The smallest absolute Gasteiger partial charge is 0.243 e. The minimum atomic E-state index is -0.0387. The Morgan fingerprint density at radius 1 is 1.15 bits per heavy atom. The van der Waals surface area contributed by atoms with E-state index in [1.165, 1.54) is 4.90 Å². The summed E-state index contributed by atoms with van der Waals surface area (Å²) in [7, 11) is 3.46. The number of hydrogen-bond donors (Lipinski definition) is 2. The van der Waals surface area contributed by atoms with Crippen LogP contribution in [0.4, 0.5) is 0 Å². The van der Waals surface area contributed by atoms with Crippen LogP contribution in [0.25, 0.3) is 0 Å². The topological polar surface area (TPSA) is 69.6 Å². The minimum absolute atomic E-state index is 0.0387. The molecule has 1 aromatic heterocycles. The molecule has 0 bridgehead atoms. The zero-order valence-corrected chi connectivity index (χ0v) is 15.6. The van der Waals surface area contributed by atoms with Gasteiger partial charge in [0.15, 0.2) is 5.96 Å². The molecule has 0 aliphatic rings. The van der Waals surface area contributed by atoms with Gasteiger partial charge in [0, 0.05) is 39.0 Å². The highest BCUT2D eigenvalue weighted by molar-refractivity contribution is 5.85. The summed E-state index contributed by atoms with van der Waals surface area (Å²) in [5.41, 5.74) is 2.17. The number of benzene rings is 1. The van der Waals surface area contributed by atoms with E-state index in [0.29, 0.717) is 12.5 Å². The minimum Gasteiger partial charge on any atom is -0.356 e. The van der Waals surface area contributed by atoms with Crippen molar-refractivity contribution < 1.29 is 4.79 Å². The van der Waals surface area contributed by atoms with Crippen LogP contribution in [0, 0.1) is 0 Å². The average molecular weight is 353 g/mol. The van der Waals surface area contributed by atoms with E-state index >= 15 is 0 Å². The standard InChI is InChI=1S/C20H27N5O/c1-16(17-9-5-4-6-10-17)24-20(23-15-19(26)25(2)3)22-14-12-18-11-7-8-13-21-18/h4-11,13,16H,12,14-15H2,1-3H3,(H2,22,23,24). The van der Waals surface area contributed by atoms with E-state index in [1.54, 1.807) is 20.3 Å². The van der Waals surface area contributed by atoms with Crippen molar-refractivity contribution in [2.75, 3.05) is 27.2 Å². The number of carbonyl (C=O) groups excluding carboxylic acids is 1. The first-order chi connectivity index (χ1) is 12.6. The molecule has 2 N–H and O–H groups in total. The summed E-state index contributed by atoms with van der Waals surface area (Å²) in [6.07, 6.45) is 2.57. The summed E-state index contributed by atoms with van der Waals surface area (Å²) in [6, 6.07) is 16.1. The number of aromatic nitrogens is 1. The number of likely N-dealkylation sites (N-methyl/N-ethyl adjacent to an activating group) is 1. The third-order valence-corrected chi connectivity index (χ3v) is 3.92. The lowest BCUT2D eigenvalue weighted by Gasteiger charge is -2.19. The fourth-order valence-corrected chi connectivity index (χ4v) is 2.33. The number of nitrogens with zero attached hydrogens (tertiary/aromatic N) is 3. The number of aliphatic imine (C=N–C) groups is 1. The van der Waals surface area contributed by atoms with Gasteiger partial charge in [-0.3, -0.25) is 9.78 Å². The largest absolute Gasteiger partial charge is 0.356 e. The van der Waals surface area contributed by atoms with Crippen LogP contribution in [0.3, 0.4) is 0 Å². The van der Waals surface area contributed by atoms with Gasteiger partial charge in [-0.2, -0.15) is 0 Å². The van der Waals surface area contributed by atoms with E-state index in [1.807, 2.05) is 36.4 Å². The van der Waals surface area contributed by atoms with Crippen molar-refractivity contribution in [2.45, 2.75) is 19.4 Å². The van der Waals surface area contributed by atoms with Gasteiger partial charge in [-0.15, -0.1) is 0 Å². The van der Waals surface area contributed by atoms with Gasteiger partial charge in [0.05, 0.1) is 6.04 Å². The van der Waals surface area contributed by atoms with E-state index in [4.69, 9.17) is 0 Å². The summed E-state index contributed by atoms with van der Waals surface area (Å²) < 4.78 is 0. The predicted octanol–water partition coefficient (Wildman–Crippen LogP) is 2.01. The number of nitrogens with one attached hydrogen (secondary N) is 2. The summed E-state index contributed by atoms with van der Waals surface area (Å²) in [4.78, 5) is 22.1. The molecule has 0 spiro atoms. The molecule has 138 valence electrons. The van der Waals surface area contributed by atoms with Crippen molar-refractivity contribution in [1.82, 2.24) is 20.5 Å². The van der Waals surface area contributed by atoms with Gasteiger partial charge in [-0.05, 0) is 24.6 Å². The Morgan fingerprint density at radius 2 is 1.88 bits per heavy atom. The lowest BCUT2D eigenvalue weighted by molar-refractivity contribution is -0.127. The van der Waals surface area contributed by atoms with Crippen molar-refractivity contribution in [2.24, 2.45) is 4.99 Å². The van der Waals surface area contributed by atoms with Gasteiger partial charge >= 0.3 is 0 Å². The Labute approximate surface area is 155 Å². The molecule has 1 atom stereocenters. The molecule has 0 saturated heterocycles. The second-order valence-corrected chi connectivity index (χ2v) is 6.23. The summed E-state index contributed by atoms with van der Waals surface area (Å²) in [5, 5.41) is 6.65. The zero-order valence-electron chi connectivity index (χ0n) is 15.6. The number of hydrogen-bond acceptors (Lipinski definition) is 3. The molecule has 0 saturated carbocycles. The first-order valence-electron chi connectivity index (χ1n) is 8.76. The van der Waals surface area contributed by atoms with Gasteiger partial charge in [-0.25, -0.2) is 4.99 Å². The molecule has 0 aliphatic carbocycles. The molecule has 1 heterocycles. The third kappa shape index (κ3) is 6.55. The molecule has 2 rings (SSSR count). The summed E-state index contributed by atoms with van der Waals surface area (Å²) in [6.45, 7) is 2.85. The first-order valence-corrected chi connectivity index (χ1v) is 8.76. The Balaban J connectivity index is 1.98. The van der Waals surface area contributed by atoms with Crippen molar-refractivity contribution in [3.8, 4) is 0 Å². The maximum atomic E-state index is 11.9. The van der Waals surface area contributed by atoms with Gasteiger partial charge in [0.25, 0.3) is 0 Å². The molecule has 1 unspecified atom stereocenters. The van der Waals surface area contributed by atoms with Crippen molar-refractivity contribution >= 4 is 11.9 Å². The third-order valence-electron chi connectivity index (χ3n) is 3.92. The quantitative estimate of drug-likeness (QED) is 0.590. The van der Waals surface area contributed by atoms with Crippen LogP contribution < -0.4 is 10.6 Å². The Kier molecular flexibility index (Phi) is 7.61. The van der Waals surface area contributed by atoms with Crippen LogP contribution >= 0.6 is 0 Å². The van der Waals surface area contributed by atoms with Crippen LogP contribution in [0.15, 0.2) is 59.7 Å². The van der Waals surface area contributed by atoms with Crippen molar-refractivity contribution in [1.29, 1.82) is 0 Å². The molecule has 0 aliphatic heterocycles. The highest BCUT2D eigenvalue weighted by atomic mass is 16.2. The number of guanidine groups is 1. The van der Waals surface area contributed by atoms with Crippen molar-refractivity contribution in [3.63, 3.8) is 0 Å². The predicted molar refractivity (Wildman–Crippen MR) is 105 cm³/mol. The van der Waals surface area contributed by atoms with Crippen LogP contribution in [-0.2, 0) is 11.2 Å². The number of rotatable bonds is 7. The molecule has 0 fully saturated rings. The second-order valence-electron chi connectivity index (χ2n) is 6.23. The van der Waals surface area contributed by atoms with Gasteiger partial charge in [0.1, 0.15) is 6.54 Å². The van der Waals surface area contributed by atoms with Crippen LogP contribution in [-0.4, -0.2) is 48.9 Å². The van der Waals surface area contributed by atoms with E-state index in [0.717, 1.165) is 17.7 Å². The molecular formula is C20H27N5O. The lowest BCUT2D eigenvalue weighted by atomic mass is 10.1. The van der Waals surface area contributed by atoms with Gasteiger partial charge in [-0.1, -0.05) is 36.4 Å². The fourth-order valence-electron chi connectivity index (χ4n) is 2.33. The fraction of sp³-hybridized carbons (Fsp3) is 0.350. The normalized spacial score (nSPS) is 12.3. The van der Waals surface area contributed by atoms with E-state index in [-0.39, 0.29) is 18.5 Å². The lowest BCUT2D eigenvalue weighted by Crippen LogP contribution is -2.40. The van der Waals surface area contributed by atoms with Gasteiger partial charge < -0.3 is 15.5 Å². The van der Waals surface area contributed by atoms with Crippen molar-refractivity contribution in [3.05, 3.63) is 66.0 Å². The monoisotopic (exact) mass is 353 g/mol. The van der Waals surface area contributed by atoms with Crippen LogP contribution in [0.2, 0.25) is 0 Å². The molecule has 6 nitrogen and oxygen atoms in total. The van der Waals surface area contributed by atoms with Crippen LogP contribution in [0.1, 0.15) is 24.2 Å². The zero-order chi connectivity index (χ0) is 18.8. The average Bonchev–Trinajstić information content (AvgIpc) is 2.67. The molecular weight excluding hydrogens is 326 g/mol. The molecule has 6 heteroatoms. The van der Waals surface area contributed by atoms with E-state index in [2.05, 4.69) is 39.7 Å². The molecule has 2 aromatic rings. The number of pyridine rings is 1. The highest BCUT2D eigenvalue weighted by Gasteiger charge is 2.09. The van der Waals surface area contributed by atoms with E-state index < -0.39 is 0 Å². The SMILES string of the molecule is CC(NC(=NCC(=O)N(C)C)NCCc1ccccn1)c1ccccc1. The molecule has 1 amide bonds. The number of amides is 1. The van der Waals surface area contributed by atoms with Gasteiger partial charge in [0.2, 0.25) is 5.91 Å². The molecule has 26 heavy (non-hydrogen) atoms. The molecule has 1 aromatic carbocycles. The Bertz CT molecular complexity index is 701. The van der Waals surface area contributed by atoms with Crippen LogP contribution in [0.5, 0.6) is 0 Å². The Morgan fingerprint density at radius 3 is 2.54 bits per heavy atom. The maximum Gasteiger partial charge on any atom is 0.243 e. The Hall–Kier alpha value is -2.89. The summed E-state index contributed by atoms with van der Waals surface area (Å²) in [5.74, 6) is 0.579. The summed E-state index contributed by atoms with van der Waals surface area (Å²) >= 11 is 0. The molecule has 0 radical (unpaired) electrons. The second kappa shape index (κ2) is 10.2. The highest BCUT2D eigenvalue weighted by Crippen LogP contribution is 2.10. The maximum absolute atomic E-state index is 11.9. The van der Waals surface area contributed by atoms with E-state index in [9.17, 15) is 4.79 Å². The first kappa shape index (κ1) is 19.4. The number of carbonyl (C=O) groups is 1.